The van der Waals surface area contributed by atoms with E-state index in [0.717, 1.165) is 25.3 Å². The zero-order valence-corrected chi connectivity index (χ0v) is 17.4. The number of hydrogen-bond acceptors (Lipinski definition) is 4. The highest BCUT2D eigenvalue weighted by molar-refractivity contribution is 5.85. The third-order valence-electron chi connectivity index (χ3n) is 5.47. The van der Waals surface area contributed by atoms with Crippen LogP contribution in [0, 0.1) is 11.8 Å². The Balaban J connectivity index is 2.52. The van der Waals surface area contributed by atoms with Gasteiger partial charge in [-0.05, 0) is 12.8 Å². The van der Waals surface area contributed by atoms with E-state index in [2.05, 4.69) is 32.6 Å². The molecule has 4 heteroatoms. The molecule has 0 bridgehead atoms. The van der Waals surface area contributed by atoms with E-state index in [4.69, 9.17) is 9.73 Å². The maximum atomic E-state index is 11.6. The third-order valence-corrected chi connectivity index (χ3v) is 5.47. The smallest absolute Gasteiger partial charge is 0.304 e. The lowest BCUT2D eigenvalue weighted by atomic mass is 9.95. The number of unbranched alkanes of at least 4 members (excludes halogenated alkanes) is 5. The average molecular weight is 353 g/mol. The van der Waals surface area contributed by atoms with Gasteiger partial charge in [-0.1, -0.05) is 72.6 Å². The van der Waals surface area contributed by atoms with Gasteiger partial charge in [0, 0.05) is 25.8 Å². The minimum atomic E-state index is -0.596. The summed E-state index contributed by atoms with van der Waals surface area (Å²) >= 11 is 0. The highest BCUT2D eigenvalue weighted by Crippen LogP contribution is 2.31. The topological polar surface area (TPSA) is 41.9 Å². The first kappa shape index (κ1) is 22.0. The molecule has 0 N–H and O–H groups in total. The van der Waals surface area contributed by atoms with Crippen molar-refractivity contribution in [3.8, 4) is 0 Å². The summed E-state index contributed by atoms with van der Waals surface area (Å²) in [6.07, 6.45) is 10.3. The standard InChI is InChI=1S/C21H40N2O2/c1-7-8-9-10-11-12-13-18(4)16-20-22-14-15-23(20)21(6,17(2)3)25-19(5)24/h17-18H,7-16H2,1-6H3. The van der Waals surface area contributed by atoms with E-state index in [0.29, 0.717) is 5.92 Å². The van der Waals surface area contributed by atoms with Gasteiger partial charge in [0.05, 0.1) is 6.54 Å². The highest BCUT2D eigenvalue weighted by Gasteiger charge is 2.41. The summed E-state index contributed by atoms with van der Waals surface area (Å²) in [6, 6.07) is 0. The summed E-state index contributed by atoms with van der Waals surface area (Å²) < 4.78 is 5.74. The van der Waals surface area contributed by atoms with Crippen molar-refractivity contribution in [2.45, 2.75) is 98.6 Å². The maximum Gasteiger partial charge on any atom is 0.304 e. The summed E-state index contributed by atoms with van der Waals surface area (Å²) in [5.74, 6) is 1.74. The Bertz CT molecular complexity index is 434. The van der Waals surface area contributed by atoms with Crippen LogP contribution in [0.25, 0.3) is 0 Å². The van der Waals surface area contributed by atoms with Crippen LogP contribution >= 0.6 is 0 Å². The van der Waals surface area contributed by atoms with Crippen LogP contribution in [-0.4, -0.2) is 35.5 Å². The quantitative estimate of drug-likeness (QED) is 0.348. The van der Waals surface area contributed by atoms with Crippen molar-refractivity contribution in [2.24, 2.45) is 16.8 Å². The van der Waals surface area contributed by atoms with Crippen molar-refractivity contribution in [2.75, 3.05) is 13.1 Å². The van der Waals surface area contributed by atoms with E-state index in [-0.39, 0.29) is 11.9 Å². The van der Waals surface area contributed by atoms with Crippen LogP contribution in [0.5, 0.6) is 0 Å². The fourth-order valence-corrected chi connectivity index (χ4v) is 3.61. The number of ether oxygens (including phenoxy) is 1. The van der Waals surface area contributed by atoms with Crippen molar-refractivity contribution in [1.82, 2.24) is 4.90 Å². The second kappa shape index (κ2) is 10.8. The van der Waals surface area contributed by atoms with Crippen LogP contribution in [0.3, 0.4) is 0 Å². The number of aliphatic imine (C=N–C) groups is 1. The van der Waals surface area contributed by atoms with E-state index in [1.54, 1.807) is 0 Å². The molecule has 2 atom stereocenters. The van der Waals surface area contributed by atoms with E-state index >= 15 is 0 Å². The number of nitrogens with zero attached hydrogens (tertiary/aromatic N) is 2. The highest BCUT2D eigenvalue weighted by atomic mass is 16.6. The van der Waals surface area contributed by atoms with E-state index in [1.807, 2.05) is 6.92 Å². The van der Waals surface area contributed by atoms with Crippen molar-refractivity contribution in [3.63, 3.8) is 0 Å². The number of carbonyl (C=O) groups excluding carboxylic acids is 1. The van der Waals surface area contributed by atoms with Crippen LogP contribution in [0.1, 0.15) is 92.9 Å². The molecule has 0 fully saturated rings. The Hall–Kier alpha value is -1.06. The first-order chi connectivity index (χ1) is 11.8. The molecule has 0 aromatic carbocycles. The molecule has 25 heavy (non-hydrogen) atoms. The summed E-state index contributed by atoms with van der Waals surface area (Å²) in [6.45, 7) is 14.0. The minimum absolute atomic E-state index is 0.216. The van der Waals surface area contributed by atoms with Gasteiger partial charge in [-0.3, -0.25) is 9.79 Å². The lowest BCUT2D eigenvalue weighted by Crippen LogP contribution is -2.54. The molecule has 2 unspecified atom stereocenters. The summed E-state index contributed by atoms with van der Waals surface area (Å²) in [4.78, 5) is 18.6. The lowest BCUT2D eigenvalue weighted by Gasteiger charge is -2.43. The van der Waals surface area contributed by atoms with Crippen LogP contribution in [-0.2, 0) is 9.53 Å². The van der Waals surface area contributed by atoms with Crippen LogP contribution in [0.2, 0.25) is 0 Å². The number of rotatable bonds is 12. The van der Waals surface area contributed by atoms with Gasteiger partial charge >= 0.3 is 5.97 Å². The van der Waals surface area contributed by atoms with Gasteiger partial charge in [0.2, 0.25) is 0 Å². The molecule has 0 aromatic heterocycles. The van der Waals surface area contributed by atoms with Crippen molar-refractivity contribution in [3.05, 3.63) is 0 Å². The Morgan fingerprint density at radius 2 is 1.84 bits per heavy atom. The average Bonchev–Trinajstić information content (AvgIpc) is 2.98. The zero-order valence-electron chi connectivity index (χ0n) is 17.4. The molecule has 4 nitrogen and oxygen atoms in total. The van der Waals surface area contributed by atoms with Gasteiger partial charge in [0.25, 0.3) is 0 Å². The molecular weight excluding hydrogens is 312 g/mol. The molecule has 0 aromatic rings. The number of carbonyl (C=O) groups is 1. The molecule has 1 rings (SSSR count). The minimum Gasteiger partial charge on any atom is -0.439 e. The predicted molar refractivity (Wildman–Crippen MR) is 106 cm³/mol. The molecule has 0 aliphatic carbocycles. The first-order valence-corrected chi connectivity index (χ1v) is 10.3. The van der Waals surface area contributed by atoms with Gasteiger partial charge in [-0.15, -0.1) is 0 Å². The summed E-state index contributed by atoms with van der Waals surface area (Å²) in [5, 5.41) is 0. The molecule has 0 amide bonds. The van der Waals surface area contributed by atoms with Gasteiger partial charge in [-0.25, -0.2) is 0 Å². The predicted octanol–water partition coefficient (Wildman–Crippen LogP) is 5.41. The fraction of sp³-hybridized carbons (Fsp3) is 0.905. The van der Waals surface area contributed by atoms with Gasteiger partial charge in [-0.2, -0.15) is 0 Å². The molecule has 0 saturated carbocycles. The van der Waals surface area contributed by atoms with Crippen LogP contribution in [0.15, 0.2) is 4.99 Å². The normalized spacial score (nSPS) is 18.2. The molecule has 1 aliphatic heterocycles. The number of hydrogen-bond donors (Lipinski definition) is 0. The second-order valence-corrected chi connectivity index (χ2v) is 8.12. The van der Waals surface area contributed by atoms with Crippen LogP contribution < -0.4 is 0 Å². The summed E-state index contributed by atoms with van der Waals surface area (Å²) in [5.41, 5.74) is -0.596. The second-order valence-electron chi connectivity index (χ2n) is 8.12. The Morgan fingerprint density at radius 3 is 2.44 bits per heavy atom. The fourth-order valence-electron chi connectivity index (χ4n) is 3.61. The van der Waals surface area contributed by atoms with Crippen molar-refractivity contribution >= 4 is 11.8 Å². The molecule has 1 aliphatic rings. The van der Waals surface area contributed by atoms with Gasteiger partial charge in [0.1, 0.15) is 5.84 Å². The van der Waals surface area contributed by atoms with Crippen LogP contribution in [0.4, 0.5) is 0 Å². The molecule has 0 saturated heterocycles. The SMILES string of the molecule is CCCCCCCCC(C)CC1=NCCN1C(C)(OC(C)=O)C(C)C. The van der Waals surface area contributed by atoms with Gasteiger partial charge in [0.15, 0.2) is 5.72 Å². The molecule has 0 radical (unpaired) electrons. The van der Waals surface area contributed by atoms with E-state index < -0.39 is 5.72 Å². The van der Waals surface area contributed by atoms with Crippen molar-refractivity contribution < 1.29 is 9.53 Å². The first-order valence-electron chi connectivity index (χ1n) is 10.3. The maximum absolute atomic E-state index is 11.6. The van der Waals surface area contributed by atoms with Crippen molar-refractivity contribution in [1.29, 1.82) is 0 Å². The lowest BCUT2D eigenvalue weighted by molar-refractivity contribution is -0.178. The summed E-state index contributed by atoms with van der Waals surface area (Å²) in [7, 11) is 0. The molecular formula is C21H40N2O2. The monoisotopic (exact) mass is 352 g/mol. The molecule has 1 heterocycles. The largest absolute Gasteiger partial charge is 0.439 e. The Labute approximate surface area is 155 Å². The number of esters is 1. The number of amidine groups is 1. The molecule has 146 valence electrons. The zero-order chi connectivity index (χ0) is 18.9. The third kappa shape index (κ3) is 6.99. The van der Waals surface area contributed by atoms with Gasteiger partial charge < -0.3 is 9.64 Å². The van der Waals surface area contributed by atoms with E-state index in [9.17, 15) is 4.79 Å². The Kier molecular flexibility index (Phi) is 9.52. The van der Waals surface area contributed by atoms with E-state index in [1.165, 1.54) is 51.9 Å². The Morgan fingerprint density at radius 1 is 1.20 bits per heavy atom. The molecule has 0 spiro atoms.